The van der Waals surface area contributed by atoms with Gasteiger partial charge in [-0.05, 0) is 66.3 Å². The Morgan fingerprint density at radius 3 is 2.63 bits per heavy atom. The quantitative estimate of drug-likeness (QED) is 0.674. The zero-order valence-corrected chi connectivity index (χ0v) is 15.2. The van der Waals surface area contributed by atoms with E-state index in [1.807, 2.05) is 12.1 Å². The summed E-state index contributed by atoms with van der Waals surface area (Å²) in [4.78, 5) is 0. The molecule has 2 unspecified atom stereocenters. The highest BCUT2D eigenvalue weighted by molar-refractivity contribution is 9.14. The van der Waals surface area contributed by atoms with Crippen molar-refractivity contribution in [3.8, 4) is 5.75 Å². The Labute approximate surface area is 138 Å². The predicted molar refractivity (Wildman–Crippen MR) is 84.6 cm³/mol. The van der Waals surface area contributed by atoms with E-state index < -0.39 is 0 Å². The fourth-order valence-corrected chi connectivity index (χ4v) is 3.42. The van der Waals surface area contributed by atoms with Crippen LogP contribution in [0.25, 0.3) is 0 Å². The van der Waals surface area contributed by atoms with E-state index in [1.165, 1.54) is 0 Å². The molecule has 3 nitrogen and oxygen atoms in total. The van der Waals surface area contributed by atoms with E-state index in [9.17, 15) is 5.11 Å². The van der Waals surface area contributed by atoms with Gasteiger partial charge in [0.2, 0.25) is 0 Å². The van der Waals surface area contributed by atoms with Gasteiger partial charge in [0.15, 0.2) is 0 Å². The van der Waals surface area contributed by atoms with Crippen molar-refractivity contribution >= 4 is 47.8 Å². The van der Waals surface area contributed by atoms with E-state index in [-0.39, 0.29) is 18.1 Å². The van der Waals surface area contributed by atoms with Gasteiger partial charge in [0.05, 0.1) is 17.7 Å². The standard InChI is InChI=1S/C13H15Br3O3/c1-2-13(6-17)7-19-10(13)5-18-9-4-3-8(14)11(15)12(9)16/h3-4,10,17H,2,5-7H2,1H3. The lowest BCUT2D eigenvalue weighted by molar-refractivity contribution is -0.215. The molecule has 1 aliphatic heterocycles. The second-order valence-corrected chi connectivity index (χ2v) is 7.10. The molecule has 0 saturated carbocycles. The molecular formula is C13H15Br3O3. The smallest absolute Gasteiger partial charge is 0.134 e. The second-order valence-electron chi connectivity index (χ2n) is 4.66. The normalized spacial score (nSPS) is 26.1. The Kier molecular flexibility index (Phi) is 5.34. The molecule has 0 aliphatic carbocycles. The van der Waals surface area contributed by atoms with Crippen LogP contribution in [0.2, 0.25) is 0 Å². The molecule has 1 N–H and O–H groups in total. The zero-order chi connectivity index (χ0) is 14.0. The number of aliphatic hydroxyl groups is 1. The van der Waals surface area contributed by atoms with Gasteiger partial charge in [0.25, 0.3) is 0 Å². The van der Waals surface area contributed by atoms with Crippen LogP contribution in [0.5, 0.6) is 5.75 Å². The average molecular weight is 459 g/mol. The first kappa shape index (κ1) is 15.8. The SMILES string of the molecule is CCC1(CO)COC1COc1ccc(Br)c(Br)c1Br. The van der Waals surface area contributed by atoms with Crippen LogP contribution in [-0.2, 0) is 4.74 Å². The Balaban J connectivity index is 2.02. The van der Waals surface area contributed by atoms with E-state index in [4.69, 9.17) is 9.47 Å². The Morgan fingerprint density at radius 2 is 2.11 bits per heavy atom. The minimum absolute atomic E-state index is 0.0446. The molecule has 1 aliphatic rings. The number of hydrogen-bond acceptors (Lipinski definition) is 3. The Bertz CT molecular complexity index is 455. The third kappa shape index (κ3) is 3.02. The highest BCUT2D eigenvalue weighted by Crippen LogP contribution is 2.40. The molecule has 1 fully saturated rings. The molecule has 0 amide bonds. The van der Waals surface area contributed by atoms with Gasteiger partial charge in [-0.15, -0.1) is 0 Å². The van der Waals surface area contributed by atoms with Crippen LogP contribution in [0.4, 0.5) is 0 Å². The van der Waals surface area contributed by atoms with Crippen LogP contribution in [0.3, 0.4) is 0 Å². The second kappa shape index (κ2) is 6.43. The molecule has 19 heavy (non-hydrogen) atoms. The highest BCUT2D eigenvalue weighted by Gasteiger charge is 2.47. The number of hydrogen-bond donors (Lipinski definition) is 1. The first-order valence-corrected chi connectivity index (χ1v) is 8.40. The van der Waals surface area contributed by atoms with Gasteiger partial charge in [0.1, 0.15) is 18.5 Å². The van der Waals surface area contributed by atoms with Crippen LogP contribution >= 0.6 is 47.8 Å². The van der Waals surface area contributed by atoms with E-state index in [0.717, 1.165) is 25.6 Å². The van der Waals surface area contributed by atoms with Crippen molar-refractivity contribution in [2.45, 2.75) is 19.4 Å². The molecule has 0 aromatic heterocycles. The lowest BCUT2D eigenvalue weighted by Crippen LogP contribution is -2.56. The number of rotatable bonds is 5. The summed E-state index contributed by atoms with van der Waals surface area (Å²) >= 11 is 10.4. The first-order valence-electron chi connectivity index (χ1n) is 6.03. The number of ether oxygens (including phenoxy) is 2. The molecule has 2 rings (SSSR count). The summed E-state index contributed by atoms with van der Waals surface area (Å²) in [5.41, 5.74) is -0.140. The molecular weight excluding hydrogens is 444 g/mol. The van der Waals surface area contributed by atoms with Gasteiger partial charge in [0, 0.05) is 14.4 Å². The fourth-order valence-electron chi connectivity index (χ4n) is 2.04. The summed E-state index contributed by atoms with van der Waals surface area (Å²) in [5.74, 6) is 0.758. The lowest BCUT2D eigenvalue weighted by atomic mass is 9.77. The molecule has 0 radical (unpaired) electrons. The third-order valence-electron chi connectivity index (χ3n) is 3.66. The Morgan fingerprint density at radius 1 is 1.37 bits per heavy atom. The molecule has 1 saturated heterocycles. The van der Waals surface area contributed by atoms with Crippen molar-refractivity contribution < 1.29 is 14.6 Å². The van der Waals surface area contributed by atoms with Crippen LogP contribution in [0.15, 0.2) is 25.6 Å². The van der Waals surface area contributed by atoms with Crippen LogP contribution in [0, 0.1) is 5.41 Å². The van der Waals surface area contributed by atoms with Crippen LogP contribution in [-0.4, -0.2) is 31.0 Å². The molecule has 1 aromatic rings. The van der Waals surface area contributed by atoms with Crippen molar-refractivity contribution in [3.05, 3.63) is 25.6 Å². The minimum Gasteiger partial charge on any atom is -0.490 e. The summed E-state index contributed by atoms with van der Waals surface area (Å²) < 4.78 is 14.1. The number of benzene rings is 1. The number of halogens is 3. The van der Waals surface area contributed by atoms with Gasteiger partial charge in [-0.2, -0.15) is 0 Å². The Hall–Kier alpha value is 0.380. The maximum absolute atomic E-state index is 9.48. The highest BCUT2D eigenvalue weighted by atomic mass is 79.9. The van der Waals surface area contributed by atoms with Crippen LogP contribution < -0.4 is 4.74 Å². The van der Waals surface area contributed by atoms with Gasteiger partial charge < -0.3 is 14.6 Å². The van der Waals surface area contributed by atoms with Crippen molar-refractivity contribution in [1.29, 1.82) is 0 Å². The van der Waals surface area contributed by atoms with E-state index in [0.29, 0.717) is 13.2 Å². The molecule has 1 heterocycles. The van der Waals surface area contributed by atoms with Gasteiger partial charge in [-0.1, -0.05) is 6.92 Å². The third-order valence-corrected chi connectivity index (χ3v) is 7.00. The van der Waals surface area contributed by atoms with Crippen molar-refractivity contribution in [2.75, 3.05) is 19.8 Å². The summed E-state index contributed by atoms with van der Waals surface area (Å²) in [6.07, 6.45) is 0.847. The molecule has 106 valence electrons. The van der Waals surface area contributed by atoms with E-state index in [2.05, 4.69) is 54.7 Å². The summed E-state index contributed by atoms with van der Waals surface area (Å²) in [6.45, 7) is 3.26. The predicted octanol–water partition coefficient (Wildman–Crippen LogP) is 4.14. The summed E-state index contributed by atoms with van der Waals surface area (Å²) in [6, 6.07) is 3.81. The zero-order valence-electron chi connectivity index (χ0n) is 10.5. The lowest BCUT2D eigenvalue weighted by Gasteiger charge is -2.47. The van der Waals surface area contributed by atoms with Gasteiger partial charge in [-0.3, -0.25) is 0 Å². The molecule has 0 bridgehead atoms. The molecule has 0 spiro atoms. The summed E-state index contributed by atoms with van der Waals surface area (Å²) in [7, 11) is 0. The van der Waals surface area contributed by atoms with Crippen molar-refractivity contribution in [2.24, 2.45) is 5.41 Å². The maximum atomic E-state index is 9.48. The monoisotopic (exact) mass is 456 g/mol. The fraction of sp³-hybridized carbons (Fsp3) is 0.538. The largest absolute Gasteiger partial charge is 0.490 e. The average Bonchev–Trinajstić information content (AvgIpc) is 2.39. The van der Waals surface area contributed by atoms with Gasteiger partial charge >= 0.3 is 0 Å². The molecule has 1 aromatic carbocycles. The van der Waals surface area contributed by atoms with E-state index in [1.54, 1.807) is 0 Å². The maximum Gasteiger partial charge on any atom is 0.134 e. The van der Waals surface area contributed by atoms with Crippen molar-refractivity contribution in [1.82, 2.24) is 0 Å². The summed E-state index contributed by atoms with van der Waals surface area (Å²) in [5, 5.41) is 9.48. The topological polar surface area (TPSA) is 38.7 Å². The van der Waals surface area contributed by atoms with Crippen molar-refractivity contribution in [3.63, 3.8) is 0 Å². The number of aliphatic hydroxyl groups excluding tert-OH is 1. The first-order chi connectivity index (χ1) is 9.04. The minimum atomic E-state index is -0.140. The van der Waals surface area contributed by atoms with Gasteiger partial charge in [-0.25, -0.2) is 0 Å². The van der Waals surface area contributed by atoms with Crippen LogP contribution in [0.1, 0.15) is 13.3 Å². The molecule has 2 atom stereocenters. The van der Waals surface area contributed by atoms with E-state index >= 15 is 0 Å². The molecule has 6 heteroatoms.